The highest BCUT2D eigenvalue weighted by molar-refractivity contribution is 6.11. The molecule has 2 aliphatic carbocycles. The molecule has 0 saturated carbocycles. The van der Waals surface area contributed by atoms with E-state index in [1.54, 1.807) is 0 Å². The smallest absolute Gasteiger partial charge is 0.130 e. The number of nitrogens with zero attached hydrogens (tertiary/aromatic N) is 3. The largest absolute Gasteiger partial charge is 0.461 e. The summed E-state index contributed by atoms with van der Waals surface area (Å²) in [6, 6.07) is 76.1. The zero-order valence-electron chi connectivity index (χ0n) is 42.7. The van der Waals surface area contributed by atoms with Crippen molar-refractivity contribution in [3.05, 3.63) is 294 Å². The van der Waals surface area contributed by atoms with E-state index in [0.29, 0.717) is 0 Å². The Kier molecular flexibility index (Phi) is 10.5. The molecule has 3 aromatic heterocycles. The van der Waals surface area contributed by atoms with Gasteiger partial charge in [-0.2, -0.15) is 0 Å². The van der Waals surface area contributed by atoms with Crippen LogP contribution in [0.2, 0.25) is 0 Å². The molecule has 77 heavy (non-hydrogen) atoms. The van der Waals surface area contributed by atoms with Gasteiger partial charge in [0.15, 0.2) is 0 Å². The van der Waals surface area contributed by atoms with Gasteiger partial charge in [-0.25, -0.2) is 0 Å². The third-order valence-electron chi connectivity index (χ3n) is 16.5. The van der Waals surface area contributed by atoms with Crippen molar-refractivity contribution >= 4 is 72.2 Å². The van der Waals surface area contributed by atoms with Crippen molar-refractivity contribution in [1.82, 2.24) is 13.7 Å². The van der Waals surface area contributed by atoms with Gasteiger partial charge in [-0.3, -0.25) is 0 Å². The standard InChI is InChI=1S/C73H53N3O/c1-3-5-17-47(4-2)48-28-35-56(36-29-48)75-66-26-15-13-23-59(66)61-45-53(33-40-67(61)75)57-24-16-27-72-73(57)64-44-51(34-41-71(64)77-72)49-31-38-68-62(42-49)63-43-50(32-39-69(63)74(68)54-18-8-6-9-19-54)52-30-37-60-58-22-12-14-25-65(58)76(70(60)46-52)55-20-10-7-11-21-55/h3-30,32-46,49,57,73H,2,31H2,1H3/b5-3-,47-17+. The van der Waals surface area contributed by atoms with Crippen LogP contribution in [0.25, 0.3) is 100 Å². The Morgan fingerprint density at radius 2 is 1.17 bits per heavy atom. The Bertz CT molecular complexity index is 4650. The van der Waals surface area contributed by atoms with Crippen LogP contribution in [0.15, 0.2) is 261 Å². The summed E-state index contributed by atoms with van der Waals surface area (Å²) < 4.78 is 14.0. The van der Waals surface area contributed by atoms with Crippen LogP contribution in [0.4, 0.5) is 0 Å². The summed E-state index contributed by atoms with van der Waals surface area (Å²) in [7, 11) is 0. The molecule has 4 heteroatoms. The van der Waals surface area contributed by atoms with Crippen molar-refractivity contribution in [3.8, 4) is 33.9 Å². The molecule has 3 aliphatic rings. The number of rotatable bonds is 9. The number of benzene rings is 9. The molecule has 0 spiro atoms. The molecule has 4 heterocycles. The van der Waals surface area contributed by atoms with E-state index in [1.807, 2.05) is 19.1 Å². The third kappa shape index (κ3) is 7.20. The summed E-state index contributed by atoms with van der Waals surface area (Å²) in [5.41, 5.74) is 17.9. The van der Waals surface area contributed by atoms with Gasteiger partial charge < -0.3 is 18.4 Å². The van der Waals surface area contributed by atoms with Crippen LogP contribution in [0, 0.1) is 0 Å². The Morgan fingerprint density at radius 1 is 0.545 bits per heavy atom. The molecule has 0 fully saturated rings. The maximum atomic E-state index is 6.75. The Labute approximate surface area is 447 Å². The molecule has 1 aliphatic heterocycles. The van der Waals surface area contributed by atoms with Crippen LogP contribution in [0.3, 0.4) is 0 Å². The number of aromatic nitrogens is 3. The highest BCUT2D eigenvalue weighted by Gasteiger charge is 2.38. The van der Waals surface area contributed by atoms with Crippen LogP contribution in [0.5, 0.6) is 5.75 Å². The van der Waals surface area contributed by atoms with Gasteiger partial charge in [0, 0.05) is 72.0 Å². The first-order chi connectivity index (χ1) is 38.1. The van der Waals surface area contributed by atoms with Gasteiger partial charge in [-0.1, -0.05) is 177 Å². The summed E-state index contributed by atoms with van der Waals surface area (Å²) in [6.07, 6.45) is 20.8. The van der Waals surface area contributed by atoms with Crippen molar-refractivity contribution in [2.75, 3.05) is 0 Å². The fraction of sp³-hybridized carbons (Fsp3) is 0.0685. The first kappa shape index (κ1) is 44.8. The number of allylic oxidation sites excluding steroid dienone is 9. The van der Waals surface area contributed by atoms with Crippen LogP contribution >= 0.6 is 0 Å². The van der Waals surface area contributed by atoms with Crippen molar-refractivity contribution < 1.29 is 4.74 Å². The van der Waals surface area contributed by atoms with E-state index in [-0.39, 0.29) is 17.8 Å². The van der Waals surface area contributed by atoms with E-state index >= 15 is 0 Å². The highest BCUT2D eigenvalue weighted by atomic mass is 16.5. The van der Waals surface area contributed by atoms with E-state index in [2.05, 4.69) is 269 Å². The molecule has 0 N–H and O–H groups in total. The quantitative estimate of drug-likeness (QED) is 0.132. The van der Waals surface area contributed by atoms with Gasteiger partial charge in [0.25, 0.3) is 0 Å². The summed E-state index contributed by atoms with van der Waals surface area (Å²) >= 11 is 0. The molecular formula is C73H53N3O. The minimum atomic E-state index is 0.0616. The number of fused-ring (bicyclic) bond motifs is 12. The first-order valence-electron chi connectivity index (χ1n) is 26.9. The molecule has 12 aromatic rings. The van der Waals surface area contributed by atoms with Crippen molar-refractivity contribution in [1.29, 1.82) is 0 Å². The summed E-state index contributed by atoms with van der Waals surface area (Å²) in [5, 5.41) is 8.79. The van der Waals surface area contributed by atoms with Crippen LogP contribution in [-0.2, 0) is 0 Å². The predicted octanol–water partition coefficient (Wildman–Crippen LogP) is 17.1. The van der Waals surface area contributed by atoms with Crippen molar-refractivity contribution in [2.45, 2.75) is 31.1 Å². The molecule has 3 atom stereocenters. The second-order valence-electron chi connectivity index (χ2n) is 20.7. The normalized spacial score (nSPS) is 16.9. The lowest BCUT2D eigenvalue weighted by Crippen LogP contribution is -2.31. The molecule has 15 rings (SSSR count). The number of para-hydroxylation sites is 4. The van der Waals surface area contributed by atoms with E-state index in [1.165, 1.54) is 98.6 Å². The molecule has 0 amide bonds. The second-order valence-corrected chi connectivity index (χ2v) is 20.7. The molecule has 9 aromatic carbocycles. The SMILES string of the molecule is C=C/C(=C\C=C/C)c1ccc(-n2c3ccccc3c3cc(C4C=CC=C5Oc6ccc(C7C=c8c(n(-c9ccccc9)c9ccc(-c%10ccc%11c%12ccccc%12n(-c%12ccccc%12)c%11c%10)cc89)=CC7)cc6C54)ccc32)cc1. The first-order valence-corrected chi connectivity index (χ1v) is 26.9. The fourth-order valence-corrected chi connectivity index (χ4v) is 12.9. The Morgan fingerprint density at radius 3 is 1.94 bits per heavy atom. The fourth-order valence-electron chi connectivity index (χ4n) is 12.9. The van der Waals surface area contributed by atoms with E-state index in [9.17, 15) is 0 Å². The molecule has 0 radical (unpaired) electrons. The van der Waals surface area contributed by atoms with E-state index in [4.69, 9.17) is 4.74 Å². The molecule has 0 bridgehead atoms. The summed E-state index contributed by atoms with van der Waals surface area (Å²) in [4.78, 5) is 0. The van der Waals surface area contributed by atoms with Crippen molar-refractivity contribution in [3.63, 3.8) is 0 Å². The van der Waals surface area contributed by atoms with E-state index in [0.717, 1.165) is 40.4 Å². The second kappa shape index (κ2) is 18.0. The lowest BCUT2D eigenvalue weighted by atomic mass is 9.77. The van der Waals surface area contributed by atoms with Crippen LogP contribution < -0.4 is 15.3 Å². The number of hydrogen-bond acceptors (Lipinski definition) is 1. The van der Waals surface area contributed by atoms with Gasteiger partial charge in [0.2, 0.25) is 0 Å². The van der Waals surface area contributed by atoms with Gasteiger partial charge in [0.05, 0.1) is 33.5 Å². The zero-order valence-corrected chi connectivity index (χ0v) is 42.7. The molecule has 0 saturated heterocycles. The maximum absolute atomic E-state index is 6.75. The lowest BCUT2D eigenvalue weighted by Gasteiger charge is -2.25. The number of hydrogen-bond donors (Lipinski definition) is 0. The van der Waals surface area contributed by atoms with E-state index < -0.39 is 0 Å². The number of ether oxygens (including phenoxy) is 1. The highest BCUT2D eigenvalue weighted by Crippen LogP contribution is 2.52. The average Bonchev–Trinajstić information content (AvgIpc) is 4.36. The maximum Gasteiger partial charge on any atom is 0.130 e. The summed E-state index contributed by atoms with van der Waals surface area (Å²) in [5.74, 6) is 2.30. The Hall–Kier alpha value is -9.64. The minimum absolute atomic E-state index is 0.0616. The van der Waals surface area contributed by atoms with Gasteiger partial charge in [0.1, 0.15) is 11.5 Å². The van der Waals surface area contributed by atoms with Crippen LogP contribution in [-0.4, -0.2) is 13.7 Å². The topological polar surface area (TPSA) is 24.0 Å². The minimum Gasteiger partial charge on any atom is -0.461 e. The lowest BCUT2D eigenvalue weighted by molar-refractivity contribution is 0.416. The predicted molar refractivity (Wildman–Crippen MR) is 322 cm³/mol. The van der Waals surface area contributed by atoms with Crippen LogP contribution in [0.1, 0.15) is 53.4 Å². The average molecular weight is 988 g/mol. The molecule has 4 nitrogen and oxygen atoms in total. The monoisotopic (exact) mass is 987 g/mol. The third-order valence-corrected chi connectivity index (χ3v) is 16.5. The van der Waals surface area contributed by atoms with Gasteiger partial charge in [-0.05, 0) is 138 Å². The van der Waals surface area contributed by atoms with Gasteiger partial charge in [-0.15, -0.1) is 0 Å². The molecular weight excluding hydrogens is 935 g/mol. The Balaban J connectivity index is 0.811. The van der Waals surface area contributed by atoms with Crippen molar-refractivity contribution in [2.24, 2.45) is 0 Å². The summed E-state index contributed by atoms with van der Waals surface area (Å²) in [6.45, 7) is 6.11. The van der Waals surface area contributed by atoms with Gasteiger partial charge >= 0.3 is 0 Å². The molecule has 3 unspecified atom stereocenters. The molecule has 366 valence electrons. The zero-order chi connectivity index (χ0) is 51.1.